The highest BCUT2D eigenvalue weighted by Crippen LogP contribution is 2.28. The molecule has 0 saturated carbocycles. The highest BCUT2D eigenvalue weighted by molar-refractivity contribution is 6.08. The Kier molecular flexibility index (Phi) is 6.56. The molecule has 0 aliphatic rings. The van der Waals surface area contributed by atoms with Crippen LogP contribution in [0.5, 0.6) is 11.5 Å². The van der Waals surface area contributed by atoms with Crippen LogP contribution in [0.15, 0.2) is 107 Å². The Hall–Kier alpha value is -4.71. The summed E-state index contributed by atoms with van der Waals surface area (Å²) in [5.41, 5.74) is 3.06. The Labute approximate surface area is 191 Å². The third-order valence-corrected chi connectivity index (χ3v) is 4.83. The first-order valence-corrected chi connectivity index (χ1v) is 10.2. The van der Waals surface area contributed by atoms with Gasteiger partial charge in [-0.25, -0.2) is 0 Å². The van der Waals surface area contributed by atoms with Crippen LogP contribution >= 0.6 is 0 Å². The quantitative estimate of drug-likeness (QED) is 0.332. The number of hydrogen-bond acceptors (Lipinski definition) is 5. The molecule has 0 radical (unpaired) electrons. The highest BCUT2D eigenvalue weighted by Gasteiger charge is 2.12. The maximum Gasteiger partial charge on any atom is 0.257 e. The molecule has 0 spiro atoms. The summed E-state index contributed by atoms with van der Waals surface area (Å²) in [6.07, 6.45) is 3.05. The van der Waals surface area contributed by atoms with Crippen LogP contribution < -0.4 is 5.32 Å². The van der Waals surface area contributed by atoms with Crippen LogP contribution in [0.3, 0.4) is 0 Å². The summed E-state index contributed by atoms with van der Waals surface area (Å²) in [6.45, 7) is 0. The number of phenols is 2. The Bertz CT molecular complexity index is 1330. The lowest BCUT2D eigenvalue weighted by Gasteiger charge is -2.09. The number of benzene rings is 4. The lowest BCUT2D eigenvalue weighted by atomic mass is 10.1. The van der Waals surface area contributed by atoms with Crippen molar-refractivity contribution in [3.63, 3.8) is 0 Å². The van der Waals surface area contributed by atoms with Gasteiger partial charge >= 0.3 is 0 Å². The van der Waals surface area contributed by atoms with Crippen molar-refractivity contribution in [3.05, 3.63) is 114 Å². The largest absolute Gasteiger partial charge is 0.507 e. The summed E-state index contributed by atoms with van der Waals surface area (Å²) in [5, 5.41) is 22.8. The second kappa shape index (κ2) is 10.1. The topological polar surface area (TPSA) is 94.3 Å². The fourth-order valence-corrected chi connectivity index (χ4v) is 3.10. The average molecular weight is 435 g/mol. The van der Waals surface area contributed by atoms with Gasteiger partial charge in [-0.3, -0.25) is 14.8 Å². The number of rotatable bonds is 6. The molecule has 0 aliphatic heterocycles. The summed E-state index contributed by atoms with van der Waals surface area (Å²) < 4.78 is 0. The van der Waals surface area contributed by atoms with Crippen LogP contribution in [0.2, 0.25) is 0 Å². The Morgan fingerprint density at radius 3 is 1.91 bits per heavy atom. The van der Waals surface area contributed by atoms with Crippen LogP contribution in [0, 0.1) is 0 Å². The molecule has 0 aliphatic carbocycles. The molecule has 0 heterocycles. The Balaban J connectivity index is 1.68. The number of aliphatic imine (C=N–C) groups is 2. The second-order valence-electron chi connectivity index (χ2n) is 7.16. The molecule has 3 N–H and O–H groups in total. The van der Waals surface area contributed by atoms with E-state index in [1.54, 1.807) is 85.1 Å². The van der Waals surface area contributed by atoms with Gasteiger partial charge in [0.25, 0.3) is 5.91 Å². The predicted molar refractivity (Wildman–Crippen MR) is 132 cm³/mol. The van der Waals surface area contributed by atoms with Crippen molar-refractivity contribution in [1.82, 2.24) is 0 Å². The molecule has 33 heavy (non-hydrogen) atoms. The summed E-state index contributed by atoms with van der Waals surface area (Å²) >= 11 is 0. The Morgan fingerprint density at radius 1 is 0.697 bits per heavy atom. The molecule has 1 amide bonds. The monoisotopic (exact) mass is 435 g/mol. The van der Waals surface area contributed by atoms with Crippen molar-refractivity contribution < 1.29 is 15.0 Å². The highest BCUT2D eigenvalue weighted by atomic mass is 16.3. The van der Waals surface area contributed by atoms with E-state index >= 15 is 0 Å². The number of phenolic OH excluding ortho intramolecular Hbond substituents is 2. The number of hydrogen-bond donors (Lipinski definition) is 3. The number of nitrogens with one attached hydrogen (secondary N) is 1. The van der Waals surface area contributed by atoms with Crippen LogP contribution in [0.1, 0.15) is 21.5 Å². The maximum atomic E-state index is 12.9. The van der Waals surface area contributed by atoms with Crippen LogP contribution in [0.25, 0.3) is 0 Å². The summed E-state index contributed by atoms with van der Waals surface area (Å²) in [7, 11) is 0. The zero-order valence-corrected chi connectivity index (χ0v) is 17.6. The lowest BCUT2D eigenvalue weighted by Crippen LogP contribution is -2.12. The number of aromatic hydroxyl groups is 2. The maximum absolute atomic E-state index is 12.9. The minimum absolute atomic E-state index is 0.0882. The standard InChI is InChI=1S/C27H21N3O3/c31-25-12-6-4-8-19(25)17-28-22-14-15-23(27(33)30-21-10-2-1-3-11-21)24(16-22)29-18-20-9-5-7-13-26(20)32/h1-18,31-32H,(H,30,33). The van der Waals surface area contributed by atoms with Gasteiger partial charge in [0.15, 0.2) is 0 Å². The molecule has 4 aromatic rings. The average Bonchev–Trinajstić information content (AvgIpc) is 2.83. The molecule has 0 atom stereocenters. The number of para-hydroxylation sites is 3. The van der Waals surface area contributed by atoms with Crippen molar-refractivity contribution in [3.8, 4) is 11.5 Å². The van der Waals surface area contributed by atoms with Gasteiger partial charge in [-0.2, -0.15) is 0 Å². The van der Waals surface area contributed by atoms with Gasteiger partial charge in [-0.1, -0.05) is 42.5 Å². The van der Waals surface area contributed by atoms with Crippen molar-refractivity contribution >= 4 is 35.4 Å². The van der Waals surface area contributed by atoms with E-state index < -0.39 is 0 Å². The van der Waals surface area contributed by atoms with Gasteiger partial charge < -0.3 is 15.5 Å². The van der Waals surface area contributed by atoms with Gasteiger partial charge in [0.05, 0.1) is 16.9 Å². The van der Waals surface area contributed by atoms with Gasteiger partial charge in [0.2, 0.25) is 0 Å². The molecule has 0 fully saturated rings. The van der Waals surface area contributed by atoms with Crippen molar-refractivity contribution in [2.45, 2.75) is 0 Å². The molecule has 4 aromatic carbocycles. The normalized spacial score (nSPS) is 11.2. The SMILES string of the molecule is O=C(Nc1ccccc1)c1ccc(N=Cc2ccccc2O)cc1N=Cc1ccccc1O. The molecule has 162 valence electrons. The lowest BCUT2D eigenvalue weighted by molar-refractivity contribution is 0.102. The molecule has 6 heteroatoms. The predicted octanol–water partition coefficient (Wildman–Crippen LogP) is 5.85. The summed E-state index contributed by atoms with van der Waals surface area (Å²) in [5.74, 6) is -0.106. The molecular weight excluding hydrogens is 414 g/mol. The third kappa shape index (κ3) is 5.51. The molecule has 0 aromatic heterocycles. The molecular formula is C27H21N3O3. The molecule has 6 nitrogen and oxygen atoms in total. The third-order valence-electron chi connectivity index (χ3n) is 4.83. The van der Waals surface area contributed by atoms with E-state index in [-0.39, 0.29) is 17.4 Å². The number of nitrogens with zero attached hydrogens (tertiary/aromatic N) is 2. The fourth-order valence-electron chi connectivity index (χ4n) is 3.10. The van der Waals surface area contributed by atoms with E-state index in [1.165, 1.54) is 6.21 Å². The van der Waals surface area contributed by atoms with Gasteiger partial charge in [0, 0.05) is 29.2 Å². The molecule has 0 bridgehead atoms. The van der Waals surface area contributed by atoms with Crippen molar-refractivity contribution in [2.24, 2.45) is 9.98 Å². The number of anilines is 1. The summed E-state index contributed by atoms with van der Waals surface area (Å²) in [4.78, 5) is 21.8. The van der Waals surface area contributed by atoms with Crippen LogP contribution in [-0.2, 0) is 0 Å². The summed E-state index contributed by atoms with van der Waals surface area (Å²) in [6, 6.07) is 27.8. The van der Waals surface area contributed by atoms with E-state index in [4.69, 9.17) is 0 Å². The van der Waals surface area contributed by atoms with E-state index in [0.29, 0.717) is 33.8 Å². The van der Waals surface area contributed by atoms with E-state index in [2.05, 4.69) is 15.3 Å². The van der Waals surface area contributed by atoms with Gasteiger partial charge in [0.1, 0.15) is 11.5 Å². The molecule has 0 unspecified atom stereocenters. The first-order chi connectivity index (χ1) is 16.1. The minimum Gasteiger partial charge on any atom is -0.507 e. The van der Waals surface area contributed by atoms with E-state index in [0.717, 1.165) is 0 Å². The molecule has 0 saturated heterocycles. The number of carbonyl (C=O) groups excluding carboxylic acids is 1. The number of carbonyl (C=O) groups is 1. The van der Waals surface area contributed by atoms with Crippen molar-refractivity contribution in [2.75, 3.05) is 5.32 Å². The smallest absolute Gasteiger partial charge is 0.257 e. The second-order valence-corrected chi connectivity index (χ2v) is 7.16. The van der Waals surface area contributed by atoms with Gasteiger partial charge in [-0.05, 0) is 54.6 Å². The first-order valence-electron chi connectivity index (χ1n) is 10.2. The molecule has 4 rings (SSSR count). The van der Waals surface area contributed by atoms with Crippen LogP contribution in [-0.4, -0.2) is 28.5 Å². The zero-order chi connectivity index (χ0) is 23.0. The Morgan fingerprint density at radius 2 is 1.27 bits per heavy atom. The zero-order valence-electron chi connectivity index (χ0n) is 17.6. The van der Waals surface area contributed by atoms with Gasteiger partial charge in [-0.15, -0.1) is 0 Å². The first kappa shape index (κ1) is 21.5. The minimum atomic E-state index is -0.318. The number of amides is 1. The van der Waals surface area contributed by atoms with E-state index in [9.17, 15) is 15.0 Å². The van der Waals surface area contributed by atoms with Crippen molar-refractivity contribution in [1.29, 1.82) is 0 Å². The van der Waals surface area contributed by atoms with Crippen LogP contribution in [0.4, 0.5) is 17.1 Å². The fraction of sp³-hybridized carbons (Fsp3) is 0. The van der Waals surface area contributed by atoms with E-state index in [1.807, 2.05) is 18.2 Å².